The molecule has 1 aliphatic rings. The molecule has 4 nitrogen and oxygen atoms in total. The lowest BCUT2D eigenvalue weighted by Crippen LogP contribution is -2.07. The zero-order valence-corrected chi connectivity index (χ0v) is 15.4. The summed E-state index contributed by atoms with van der Waals surface area (Å²) >= 11 is 0. The lowest BCUT2D eigenvalue weighted by atomic mass is 9.91. The number of unbranched alkanes of at least 4 members (excludes halogenated alkanes) is 4. The van der Waals surface area contributed by atoms with Crippen molar-refractivity contribution in [2.75, 3.05) is 0 Å². The summed E-state index contributed by atoms with van der Waals surface area (Å²) in [5.41, 5.74) is 3.04. The molecule has 0 spiro atoms. The van der Waals surface area contributed by atoms with E-state index in [1.807, 2.05) is 18.2 Å². The Kier molecular flexibility index (Phi) is 7.82. The van der Waals surface area contributed by atoms with Crippen molar-refractivity contribution < 1.29 is 9.53 Å². The van der Waals surface area contributed by atoms with E-state index in [2.05, 4.69) is 13.0 Å². The number of nitrogens with zero attached hydrogens (tertiary/aromatic N) is 1. The molecule has 0 radical (unpaired) electrons. The predicted octanol–water partition coefficient (Wildman–Crippen LogP) is 5.60. The zero-order chi connectivity index (χ0) is 18.8. The van der Waals surface area contributed by atoms with Gasteiger partial charge in [0.1, 0.15) is 5.75 Å². The summed E-state index contributed by atoms with van der Waals surface area (Å²) < 4.78 is 5.37. The first kappa shape index (κ1) is 19.7. The van der Waals surface area contributed by atoms with Crippen LogP contribution in [0.3, 0.4) is 0 Å². The first-order valence-corrected chi connectivity index (χ1v) is 9.30. The van der Waals surface area contributed by atoms with Crippen LogP contribution in [-0.2, 0) is 4.79 Å². The van der Waals surface area contributed by atoms with Crippen LogP contribution in [0.4, 0.5) is 0 Å². The summed E-state index contributed by atoms with van der Waals surface area (Å²) in [6.07, 6.45) is 10.8. The third kappa shape index (κ3) is 6.33. The molecule has 0 saturated heterocycles. The Morgan fingerprint density at radius 2 is 1.96 bits per heavy atom. The van der Waals surface area contributed by atoms with E-state index in [0.29, 0.717) is 36.3 Å². The number of ether oxygens (including phenoxy) is 1. The molecule has 26 heavy (non-hydrogen) atoms. The normalized spacial score (nSPS) is 15.5. The van der Waals surface area contributed by atoms with Crippen LogP contribution in [0.2, 0.25) is 0 Å². The van der Waals surface area contributed by atoms with Gasteiger partial charge in [0, 0.05) is 25.0 Å². The number of allylic oxidation sites excluding steroid dienone is 3. The minimum Gasteiger partial charge on any atom is -0.427 e. The SMILES string of the molecule is CCCCCCCC(=O)Oc1ccc(C=C2CC(=N)CC=C2C#N)cc1. The topological polar surface area (TPSA) is 73.9 Å². The van der Waals surface area contributed by atoms with Crippen molar-refractivity contribution in [2.45, 2.75) is 58.3 Å². The number of benzene rings is 1. The van der Waals surface area contributed by atoms with Crippen molar-refractivity contribution >= 4 is 17.8 Å². The van der Waals surface area contributed by atoms with E-state index in [4.69, 9.17) is 10.1 Å². The van der Waals surface area contributed by atoms with Crippen LogP contribution < -0.4 is 4.74 Å². The summed E-state index contributed by atoms with van der Waals surface area (Å²) in [5, 5.41) is 17.0. The number of hydrogen-bond donors (Lipinski definition) is 1. The predicted molar refractivity (Wildman–Crippen MR) is 104 cm³/mol. The quantitative estimate of drug-likeness (QED) is 0.377. The highest BCUT2D eigenvalue weighted by Gasteiger charge is 2.13. The summed E-state index contributed by atoms with van der Waals surface area (Å²) in [6, 6.07) is 9.46. The summed E-state index contributed by atoms with van der Waals surface area (Å²) in [6.45, 7) is 2.17. The second-order valence-electron chi connectivity index (χ2n) is 6.59. The highest BCUT2D eigenvalue weighted by atomic mass is 16.5. The van der Waals surface area contributed by atoms with Gasteiger partial charge in [-0.05, 0) is 29.7 Å². The number of carbonyl (C=O) groups excluding carboxylic acids is 1. The van der Waals surface area contributed by atoms with Crippen LogP contribution in [-0.4, -0.2) is 11.7 Å². The standard InChI is InChI=1S/C22H26N2O2/c1-2-3-4-5-6-7-22(25)26-21-12-8-17(9-13-21)14-19-15-20(24)11-10-18(19)16-23/h8-10,12-14,24H,2-7,11,15H2,1H3. The monoisotopic (exact) mass is 350 g/mol. The molecule has 1 aromatic carbocycles. The van der Waals surface area contributed by atoms with Gasteiger partial charge < -0.3 is 10.1 Å². The average Bonchev–Trinajstić information content (AvgIpc) is 2.63. The van der Waals surface area contributed by atoms with E-state index >= 15 is 0 Å². The summed E-state index contributed by atoms with van der Waals surface area (Å²) in [7, 11) is 0. The Hall–Kier alpha value is -2.67. The number of rotatable bonds is 8. The first-order chi connectivity index (χ1) is 12.6. The smallest absolute Gasteiger partial charge is 0.311 e. The molecule has 0 unspecified atom stereocenters. The highest BCUT2D eigenvalue weighted by molar-refractivity contribution is 5.90. The van der Waals surface area contributed by atoms with E-state index in [9.17, 15) is 10.1 Å². The lowest BCUT2D eigenvalue weighted by Gasteiger charge is -2.13. The molecule has 0 saturated carbocycles. The fourth-order valence-corrected chi connectivity index (χ4v) is 2.89. The number of nitrogens with one attached hydrogen (secondary N) is 1. The number of hydrogen-bond acceptors (Lipinski definition) is 4. The largest absolute Gasteiger partial charge is 0.427 e. The maximum atomic E-state index is 11.9. The minimum absolute atomic E-state index is 0.192. The number of carbonyl (C=O) groups is 1. The molecule has 0 fully saturated rings. The fraction of sp³-hybridized carbons (Fsp3) is 0.409. The van der Waals surface area contributed by atoms with Crippen molar-refractivity contribution in [3.8, 4) is 11.8 Å². The molecule has 2 rings (SSSR count). The van der Waals surface area contributed by atoms with E-state index in [0.717, 1.165) is 24.0 Å². The molecule has 1 N–H and O–H groups in total. The van der Waals surface area contributed by atoms with Crippen molar-refractivity contribution in [1.29, 1.82) is 10.7 Å². The lowest BCUT2D eigenvalue weighted by molar-refractivity contribution is -0.134. The molecule has 136 valence electrons. The molecule has 0 aliphatic heterocycles. The molecule has 0 amide bonds. The van der Waals surface area contributed by atoms with Gasteiger partial charge in [-0.3, -0.25) is 4.79 Å². The molecule has 1 aromatic rings. The van der Waals surface area contributed by atoms with Gasteiger partial charge in [-0.15, -0.1) is 0 Å². The molecule has 4 heteroatoms. The highest BCUT2D eigenvalue weighted by Crippen LogP contribution is 2.25. The Morgan fingerprint density at radius 3 is 2.65 bits per heavy atom. The van der Waals surface area contributed by atoms with Gasteiger partial charge in [0.2, 0.25) is 0 Å². The minimum atomic E-state index is -0.192. The Labute approximate surface area is 155 Å². The molecule has 0 bridgehead atoms. The molecular weight excluding hydrogens is 324 g/mol. The van der Waals surface area contributed by atoms with Gasteiger partial charge >= 0.3 is 5.97 Å². The van der Waals surface area contributed by atoms with Crippen LogP contribution in [0.25, 0.3) is 6.08 Å². The van der Waals surface area contributed by atoms with Gasteiger partial charge in [-0.2, -0.15) is 5.26 Å². The van der Waals surface area contributed by atoms with E-state index in [-0.39, 0.29) is 5.97 Å². The second-order valence-corrected chi connectivity index (χ2v) is 6.59. The molecule has 0 heterocycles. The van der Waals surface area contributed by atoms with E-state index in [1.54, 1.807) is 18.2 Å². The van der Waals surface area contributed by atoms with Crippen molar-refractivity contribution in [1.82, 2.24) is 0 Å². The van der Waals surface area contributed by atoms with Crippen molar-refractivity contribution in [3.05, 3.63) is 47.1 Å². The Morgan fingerprint density at radius 1 is 1.23 bits per heavy atom. The van der Waals surface area contributed by atoms with Crippen LogP contribution in [0.1, 0.15) is 63.9 Å². The van der Waals surface area contributed by atoms with Gasteiger partial charge in [0.25, 0.3) is 0 Å². The summed E-state index contributed by atoms with van der Waals surface area (Å²) in [5.74, 6) is 0.348. The maximum Gasteiger partial charge on any atom is 0.311 e. The van der Waals surface area contributed by atoms with Crippen LogP contribution in [0.5, 0.6) is 5.75 Å². The van der Waals surface area contributed by atoms with E-state index < -0.39 is 0 Å². The Bertz CT molecular complexity index is 736. The van der Waals surface area contributed by atoms with Crippen molar-refractivity contribution in [2.24, 2.45) is 0 Å². The number of nitriles is 1. The van der Waals surface area contributed by atoms with Gasteiger partial charge in [0.15, 0.2) is 0 Å². The second kappa shape index (κ2) is 10.4. The summed E-state index contributed by atoms with van der Waals surface area (Å²) in [4.78, 5) is 11.9. The first-order valence-electron chi connectivity index (χ1n) is 9.30. The number of esters is 1. The van der Waals surface area contributed by atoms with E-state index in [1.165, 1.54) is 19.3 Å². The van der Waals surface area contributed by atoms with Gasteiger partial charge in [-0.1, -0.05) is 56.9 Å². The third-order valence-electron chi connectivity index (χ3n) is 4.36. The van der Waals surface area contributed by atoms with Crippen LogP contribution in [0.15, 0.2) is 41.5 Å². The van der Waals surface area contributed by atoms with Crippen molar-refractivity contribution in [3.63, 3.8) is 0 Å². The Balaban J connectivity index is 1.90. The maximum absolute atomic E-state index is 11.9. The zero-order valence-electron chi connectivity index (χ0n) is 15.4. The fourth-order valence-electron chi connectivity index (χ4n) is 2.89. The van der Waals surface area contributed by atoms with Crippen LogP contribution in [0, 0.1) is 16.7 Å². The molecule has 0 atom stereocenters. The third-order valence-corrected chi connectivity index (χ3v) is 4.36. The molecular formula is C22H26N2O2. The average molecular weight is 350 g/mol. The van der Waals surface area contributed by atoms with Gasteiger partial charge in [0.05, 0.1) is 11.6 Å². The molecule has 1 aliphatic carbocycles. The van der Waals surface area contributed by atoms with Crippen LogP contribution >= 0.6 is 0 Å². The molecule has 0 aromatic heterocycles. The van der Waals surface area contributed by atoms with Gasteiger partial charge in [-0.25, -0.2) is 0 Å².